The van der Waals surface area contributed by atoms with Crippen LogP contribution in [-0.2, 0) is 36.9 Å². The Balaban J connectivity index is 1.51. The first-order valence-corrected chi connectivity index (χ1v) is 14.4. The summed E-state index contributed by atoms with van der Waals surface area (Å²) in [7, 11) is 3.01. The normalized spacial score (nSPS) is 16.7. The van der Waals surface area contributed by atoms with E-state index in [-0.39, 0.29) is 19.1 Å². The van der Waals surface area contributed by atoms with E-state index < -0.39 is 35.7 Å². The fourth-order valence-electron chi connectivity index (χ4n) is 4.55. The Morgan fingerprint density at radius 3 is 2.56 bits per heavy atom. The molecule has 3 amide bonds. The number of methoxy groups -OCH3 is 1. The number of likely N-dealkylation sites (tertiary alicyclic amines) is 1. The third-order valence-corrected chi connectivity index (χ3v) is 6.78. The maximum absolute atomic E-state index is 13.6. The van der Waals surface area contributed by atoms with Crippen molar-refractivity contribution >= 4 is 24.1 Å². The number of hydrogen-bond acceptors (Lipinski definition) is 9. The largest absolute Gasteiger partial charge is 0.465 e. The molecule has 1 aromatic heterocycles. The number of piperidine rings is 1. The first-order chi connectivity index (χ1) is 20.5. The van der Waals surface area contributed by atoms with Gasteiger partial charge in [0.1, 0.15) is 12.2 Å². The maximum Gasteiger partial charge on any atom is 0.410 e. The van der Waals surface area contributed by atoms with E-state index in [1.165, 1.54) is 18.2 Å². The number of amides is 3. The van der Waals surface area contributed by atoms with Gasteiger partial charge in [-0.05, 0) is 39.2 Å². The van der Waals surface area contributed by atoms with E-state index in [0.29, 0.717) is 51.3 Å². The molecule has 2 heterocycles. The molecular formula is C30H43N5O8. The van der Waals surface area contributed by atoms with Gasteiger partial charge in [0.05, 0.1) is 37.9 Å². The Morgan fingerprint density at radius 2 is 1.86 bits per heavy atom. The van der Waals surface area contributed by atoms with Gasteiger partial charge in [-0.25, -0.2) is 14.4 Å². The van der Waals surface area contributed by atoms with Crippen molar-refractivity contribution in [3.8, 4) is 0 Å². The van der Waals surface area contributed by atoms with E-state index >= 15 is 0 Å². The minimum absolute atomic E-state index is 0.106. The number of ether oxygens (including phenoxy) is 4. The zero-order valence-electron chi connectivity index (χ0n) is 25.6. The van der Waals surface area contributed by atoms with Crippen molar-refractivity contribution in [2.75, 3.05) is 47.0 Å². The molecular weight excluding hydrogens is 558 g/mol. The molecule has 0 spiro atoms. The zero-order valence-corrected chi connectivity index (χ0v) is 25.6. The van der Waals surface area contributed by atoms with E-state index in [2.05, 4.69) is 15.2 Å². The molecule has 0 unspecified atom stereocenters. The lowest BCUT2D eigenvalue weighted by molar-refractivity contribution is -0.137. The fourth-order valence-corrected chi connectivity index (χ4v) is 4.55. The molecule has 1 saturated heterocycles. The predicted molar refractivity (Wildman–Crippen MR) is 156 cm³/mol. The lowest BCUT2D eigenvalue weighted by atomic mass is 9.91. The maximum atomic E-state index is 13.6. The second-order valence-electron chi connectivity index (χ2n) is 11.3. The molecule has 43 heavy (non-hydrogen) atoms. The molecule has 236 valence electrons. The molecule has 13 nitrogen and oxygen atoms in total. The summed E-state index contributed by atoms with van der Waals surface area (Å²) in [6.07, 6.45) is 2.86. The Bertz CT molecular complexity index is 1210. The lowest BCUT2D eigenvalue weighted by Gasteiger charge is -2.39. The molecule has 0 aliphatic carbocycles. The molecule has 3 rings (SSSR count). The van der Waals surface area contributed by atoms with Gasteiger partial charge in [0.2, 0.25) is 5.91 Å². The standard InChI is InChI=1S/C30H43N5O8/c1-30(2,3)43-29(39)34-14-12-25(32-28(38)42-21-22-10-7-6-8-11-22)24(20-34)26(36)33(4)13-9-16-41-17-15-35-19-23(18-31-35)27(37)40-5/h6-8,10-11,18-19,24-25H,9,12-17,20-21H2,1-5H3,(H,32,38)/t24-,25-/m0/s1. The van der Waals surface area contributed by atoms with Crippen LogP contribution in [0.15, 0.2) is 42.7 Å². The number of carbonyl (C=O) groups excluding carboxylic acids is 4. The minimum atomic E-state index is -0.680. The third kappa shape index (κ3) is 10.9. The van der Waals surface area contributed by atoms with Gasteiger partial charge in [-0.2, -0.15) is 5.10 Å². The Hall–Kier alpha value is -4.13. The molecule has 1 N–H and O–H groups in total. The summed E-state index contributed by atoms with van der Waals surface area (Å²) in [5, 5.41) is 6.95. The average Bonchev–Trinajstić information content (AvgIpc) is 3.45. The average molecular weight is 602 g/mol. The monoisotopic (exact) mass is 601 g/mol. The van der Waals surface area contributed by atoms with Crippen molar-refractivity contribution in [3.05, 3.63) is 53.9 Å². The van der Waals surface area contributed by atoms with Crippen LogP contribution in [0.5, 0.6) is 0 Å². The highest BCUT2D eigenvalue weighted by atomic mass is 16.6. The van der Waals surface area contributed by atoms with Crippen LogP contribution in [0.25, 0.3) is 0 Å². The van der Waals surface area contributed by atoms with Gasteiger partial charge in [-0.15, -0.1) is 0 Å². The number of rotatable bonds is 12. The molecule has 1 aromatic carbocycles. The SMILES string of the molecule is COC(=O)c1cnn(CCOCCCN(C)C(=O)[C@H]2CN(C(=O)OC(C)(C)C)CC[C@@H]2NC(=O)OCc2ccccc2)c1. The van der Waals surface area contributed by atoms with E-state index in [0.717, 1.165) is 5.56 Å². The van der Waals surface area contributed by atoms with Crippen molar-refractivity contribution in [2.24, 2.45) is 5.92 Å². The molecule has 1 aliphatic rings. The highest BCUT2D eigenvalue weighted by molar-refractivity contribution is 5.88. The number of nitrogens with one attached hydrogen (secondary N) is 1. The second-order valence-corrected chi connectivity index (χ2v) is 11.3. The third-order valence-electron chi connectivity index (χ3n) is 6.78. The van der Waals surface area contributed by atoms with Crippen LogP contribution in [0.3, 0.4) is 0 Å². The van der Waals surface area contributed by atoms with Crippen LogP contribution in [0, 0.1) is 5.92 Å². The summed E-state index contributed by atoms with van der Waals surface area (Å²) in [5.41, 5.74) is 0.542. The van der Waals surface area contributed by atoms with Crippen molar-refractivity contribution in [3.63, 3.8) is 0 Å². The van der Waals surface area contributed by atoms with Crippen LogP contribution in [0.4, 0.5) is 9.59 Å². The Morgan fingerprint density at radius 1 is 1.12 bits per heavy atom. The summed E-state index contributed by atoms with van der Waals surface area (Å²) < 4.78 is 22.9. The van der Waals surface area contributed by atoms with Crippen LogP contribution in [-0.4, -0.2) is 102 Å². The smallest absolute Gasteiger partial charge is 0.410 e. The summed E-state index contributed by atoms with van der Waals surface area (Å²) in [5.74, 6) is -1.33. The summed E-state index contributed by atoms with van der Waals surface area (Å²) in [4.78, 5) is 53.7. The fraction of sp³-hybridized carbons (Fsp3) is 0.567. The van der Waals surface area contributed by atoms with Gasteiger partial charge >= 0.3 is 18.2 Å². The van der Waals surface area contributed by atoms with Gasteiger partial charge in [0.15, 0.2) is 0 Å². The molecule has 1 aliphatic heterocycles. The Labute approximate surface area is 252 Å². The molecule has 13 heteroatoms. The molecule has 0 bridgehead atoms. The number of esters is 1. The number of carbonyl (C=O) groups is 4. The number of benzene rings is 1. The van der Waals surface area contributed by atoms with Crippen LogP contribution in [0.2, 0.25) is 0 Å². The zero-order chi connectivity index (χ0) is 31.4. The first-order valence-electron chi connectivity index (χ1n) is 14.4. The lowest BCUT2D eigenvalue weighted by Crippen LogP contribution is -2.57. The number of hydrogen-bond donors (Lipinski definition) is 1. The van der Waals surface area contributed by atoms with Crippen LogP contribution < -0.4 is 5.32 Å². The highest BCUT2D eigenvalue weighted by Crippen LogP contribution is 2.22. The van der Waals surface area contributed by atoms with Gasteiger partial charge in [-0.3, -0.25) is 9.48 Å². The summed E-state index contributed by atoms with van der Waals surface area (Å²) in [6, 6.07) is 8.80. The quantitative estimate of drug-likeness (QED) is 0.221. The Kier molecular flexibility index (Phi) is 12.4. The van der Waals surface area contributed by atoms with E-state index in [9.17, 15) is 19.2 Å². The molecule has 0 saturated carbocycles. The second kappa shape index (κ2) is 15.9. The van der Waals surface area contributed by atoms with E-state index in [4.69, 9.17) is 14.2 Å². The van der Waals surface area contributed by atoms with Crippen molar-refractivity contribution in [1.29, 1.82) is 0 Å². The van der Waals surface area contributed by atoms with Crippen LogP contribution in [0.1, 0.15) is 49.5 Å². The van der Waals surface area contributed by atoms with Gasteiger partial charge in [0, 0.05) is 45.5 Å². The summed E-state index contributed by atoms with van der Waals surface area (Å²) in [6.45, 7) is 7.57. The van der Waals surface area contributed by atoms with E-state index in [1.807, 2.05) is 30.3 Å². The first kappa shape index (κ1) is 33.4. The van der Waals surface area contributed by atoms with Crippen molar-refractivity contribution in [1.82, 2.24) is 24.9 Å². The van der Waals surface area contributed by atoms with Gasteiger partial charge in [0.25, 0.3) is 0 Å². The van der Waals surface area contributed by atoms with E-state index in [1.54, 1.807) is 43.6 Å². The van der Waals surface area contributed by atoms with Crippen LogP contribution >= 0.6 is 0 Å². The molecule has 0 radical (unpaired) electrons. The molecule has 1 fully saturated rings. The molecule has 2 atom stereocenters. The topological polar surface area (TPSA) is 142 Å². The number of aromatic nitrogens is 2. The highest BCUT2D eigenvalue weighted by Gasteiger charge is 2.39. The van der Waals surface area contributed by atoms with Crippen molar-refractivity contribution < 1.29 is 38.1 Å². The molecule has 2 aromatic rings. The summed E-state index contributed by atoms with van der Waals surface area (Å²) >= 11 is 0. The minimum Gasteiger partial charge on any atom is -0.465 e. The number of alkyl carbamates (subject to hydrolysis) is 1. The van der Waals surface area contributed by atoms with Crippen molar-refractivity contribution in [2.45, 2.75) is 58.4 Å². The number of nitrogens with zero attached hydrogens (tertiary/aromatic N) is 4. The van der Waals surface area contributed by atoms with Gasteiger partial charge < -0.3 is 34.1 Å². The van der Waals surface area contributed by atoms with Gasteiger partial charge in [-0.1, -0.05) is 30.3 Å². The predicted octanol–water partition coefficient (Wildman–Crippen LogP) is 3.09.